The van der Waals surface area contributed by atoms with Crippen molar-refractivity contribution >= 4 is 11.4 Å². The average molecular weight is 296 g/mol. The van der Waals surface area contributed by atoms with Crippen LogP contribution in [0.4, 0.5) is 11.4 Å². The Morgan fingerprint density at radius 3 is 1.86 bits per heavy atom. The third-order valence-corrected chi connectivity index (χ3v) is 4.33. The molecule has 3 rings (SSSR count). The van der Waals surface area contributed by atoms with Gasteiger partial charge in [-0.3, -0.25) is 0 Å². The summed E-state index contributed by atoms with van der Waals surface area (Å²) in [5.41, 5.74) is 2.36. The van der Waals surface area contributed by atoms with Crippen molar-refractivity contribution in [3.63, 3.8) is 0 Å². The molecule has 0 unspecified atom stereocenters. The Morgan fingerprint density at radius 2 is 1.32 bits per heavy atom. The Labute approximate surface area is 132 Å². The van der Waals surface area contributed by atoms with Crippen LogP contribution < -0.4 is 15.4 Å². The van der Waals surface area contributed by atoms with Gasteiger partial charge in [0.15, 0.2) is 0 Å². The number of methoxy groups -OCH3 is 1. The molecule has 1 aliphatic rings. The molecule has 1 saturated carbocycles. The van der Waals surface area contributed by atoms with Crippen LogP contribution in [0.2, 0.25) is 0 Å². The molecule has 2 aromatic carbocycles. The number of benzene rings is 2. The lowest BCUT2D eigenvalue weighted by molar-refractivity contribution is 0.414. The Hall–Kier alpha value is -2.16. The predicted molar refractivity (Wildman–Crippen MR) is 92.7 cm³/mol. The summed E-state index contributed by atoms with van der Waals surface area (Å²) >= 11 is 0. The molecule has 0 aromatic heterocycles. The quantitative estimate of drug-likeness (QED) is 0.850. The van der Waals surface area contributed by atoms with Crippen LogP contribution in [0.25, 0.3) is 0 Å². The van der Waals surface area contributed by atoms with Crippen molar-refractivity contribution in [2.45, 2.75) is 37.8 Å². The van der Waals surface area contributed by atoms with Gasteiger partial charge in [0, 0.05) is 23.5 Å². The summed E-state index contributed by atoms with van der Waals surface area (Å²) in [6.07, 6.45) is 5.01. The molecule has 2 aromatic rings. The summed E-state index contributed by atoms with van der Waals surface area (Å²) in [7, 11) is 1.70. The zero-order valence-electron chi connectivity index (χ0n) is 13.1. The molecule has 3 heteroatoms. The molecule has 3 nitrogen and oxygen atoms in total. The number of nitrogens with one attached hydrogen (secondary N) is 2. The number of para-hydroxylation sites is 1. The van der Waals surface area contributed by atoms with Gasteiger partial charge in [-0.05, 0) is 49.2 Å². The lowest BCUT2D eigenvalue weighted by atomic mass is 9.90. The third kappa shape index (κ3) is 3.73. The third-order valence-electron chi connectivity index (χ3n) is 4.33. The molecule has 1 fully saturated rings. The van der Waals surface area contributed by atoms with Gasteiger partial charge in [-0.15, -0.1) is 0 Å². The van der Waals surface area contributed by atoms with Crippen LogP contribution in [0, 0.1) is 0 Å². The van der Waals surface area contributed by atoms with Gasteiger partial charge in [0.2, 0.25) is 0 Å². The zero-order chi connectivity index (χ0) is 15.2. The Balaban J connectivity index is 1.66. The maximum atomic E-state index is 5.22. The van der Waals surface area contributed by atoms with Gasteiger partial charge in [-0.1, -0.05) is 31.0 Å². The fourth-order valence-corrected chi connectivity index (χ4v) is 3.13. The molecule has 2 atom stereocenters. The molecule has 0 spiro atoms. The molecule has 1 aliphatic carbocycles. The van der Waals surface area contributed by atoms with Crippen LogP contribution in [0.15, 0.2) is 54.6 Å². The number of rotatable bonds is 5. The molecule has 0 aliphatic heterocycles. The van der Waals surface area contributed by atoms with Crippen LogP contribution in [-0.2, 0) is 0 Å². The van der Waals surface area contributed by atoms with Gasteiger partial charge in [0.25, 0.3) is 0 Å². The van der Waals surface area contributed by atoms with E-state index in [-0.39, 0.29) is 0 Å². The second kappa shape index (κ2) is 7.21. The van der Waals surface area contributed by atoms with Crippen LogP contribution >= 0.6 is 0 Å². The summed E-state index contributed by atoms with van der Waals surface area (Å²) in [6.45, 7) is 0. The van der Waals surface area contributed by atoms with Crippen molar-refractivity contribution < 1.29 is 4.74 Å². The van der Waals surface area contributed by atoms with E-state index < -0.39 is 0 Å². The summed E-state index contributed by atoms with van der Waals surface area (Å²) in [4.78, 5) is 0. The van der Waals surface area contributed by atoms with Crippen LogP contribution in [-0.4, -0.2) is 19.2 Å². The normalized spacial score (nSPS) is 21.1. The van der Waals surface area contributed by atoms with Gasteiger partial charge in [-0.2, -0.15) is 0 Å². The number of hydrogen-bond acceptors (Lipinski definition) is 3. The highest BCUT2D eigenvalue weighted by molar-refractivity contribution is 5.49. The number of hydrogen-bond donors (Lipinski definition) is 2. The van der Waals surface area contributed by atoms with E-state index in [9.17, 15) is 0 Å². The Kier molecular flexibility index (Phi) is 4.84. The topological polar surface area (TPSA) is 33.3 Å². The summed E-state index contributed by atoms with van der Waals surface area (Å²) in [6, 6.07) is 19.6. The second-order valence-electron chi connectivity index (χ2n) is 5.88. The van der Waals surface area contributed by atoms with E-state index in [1.54, 1.807) is 7.11 Å². The van der Waals surface area contributed by atoms with Crippen LogP contribution in [0.3, 0.4) is 0 Å². The van der Waals surface area contributed by atoms with Gasteiger partial charge in [0.1, 0.15) is 5.75 Å². The van der Waals surface area contributed by atoms with E-state index in [0.717, 1.165) is 11.4 Å². The minimum absolute atomic E-state index is 0.461. The highest BCUT2D eigenvalue weighted by atomic mass is 16.5. The van der Waals surface area contributed by atoms with Crippen molar-refractivity contribution in [3.8, 4) is 5.75 Å². The highest BCUT2D eigenvalue weighted by Gasteiger charge is 2.24. The molecule has 2 N–H and O–H groups in total. The van der Waals surface area contributed by atoms with Gasteiger partial charge in [0.05, 0.1) is 7.11 Å². The van der Waals surface area contributed by atoms with Crippen molar-refractivity contribution in [1.29, 1.82) is 0 Å². The first-order valence-electron chi connectivity index (χ1n) is 8.07. The first-order valence-corrected chi connectivity index (χ1v) is 8.07. The van der Waals surface area contributed by atoms with Crippen LogP contribution in [0.5, 0.6) is 5.75 Å². The largest absolute Gasteiger partial charge is 0.497 e. The molecule has 0 saturated heterocycles. The minimum atomic E-state index is 0.461. The average Bonchev–Trinajstić information content (AvgIpc) is 2.58. The van der Waals surface area contributed by atoms with E-state index in [1.165, 1.54) is 31.4 Å². The van der Waals surface area contributed by atoms with Crippen molar-refractivity contribution in [2.24, 2.45) is 0 Å². The molecule has 116 valence electrons. The summed E-state index contributed by atoms with van der Waals surface area (Å²) in [5.74, 6) is 0.896. The fourth-order valence-electron chi connectivity index (χ4n) is 3.13. The number of anilines is 2. The fraction of sp³-hybridized carbons (Fsp3) is 0.368. The van der Waals surface area contributed by atoms with Crippen molar-refractivity contribution in [3.05, 3.63) is 54.6 Å². The molecular weight excluding hydrogens is 272 g/mol. The van der Waals surface area contributed by atoms with Gasteiger partial charge in [-0.25, -0.2) is 0 Å². The van der Waals surface area contributed by atoms with E-state index >= 15 is 0 Å². The first-order chi connectivity index (χ1) is 10.8. The maximum Gasteiger partial charge on any atom is 0.119 e. The molecule has 0 bridgehead atoms. The predicted octanol–water partition coefficient (Wildman–Crippen LogP) is 4.53. The molecule has 0 amide bonds. The minimum Gasteiger partial charge on any atom is -0.497 e. The van der Waals surface area contributed by atoms with Crippen LogP contribution in [0.1, 0.15) is 25.7 Å². The summed E-state index contributed by atoms with van der Waals surface area (Å²) in [5, 5.41) is 7.37. The lowest BCUT2D eigenvalue weighted by Gasteiger charge is -2.34. The Bertz CT molecular complexity index is 568. The zero-order valence-corrected chi connectivity index (χ0v) is 13.1. The standard InChI is InChI=1S/C19H24N2O/c1-22-17-13-11-16(12-14-17)21-19-10-6-5-9-18(19)20-15-7-3-2-4-8-15/h2-4,7-8,11-14,18-21H,5-6,9-10H2,1H3/t18-,19-/m1/s1. The molecule has 22 heavy (non-hydrogen) atoms. The Morgan fingerprint density at radius 1 is 0.773 bits per heavy atom. The monoisotopic (exact) mass is 296 g/mol. The van der Waals surface area contributed by atoms with E-state index in [0.29, 0.717) is 12.1 Å². The highest BCUT2D eigenvalue weighted by Crippen LogP contribution is 2.26. The van der Waals surface area contributed by atoms with E-state index in [1.807, 2.05) is 12.1 Å². The lowest BCUT2D eigenvalue weighted by Crippen LogP contribution is -2.41. The molecule has 0 heterocycles. The first kappa shape index (κ1) is 14.8. The summed E-state index contributed by atoms with van der Waals surface area (Å²) < 4.78 is 5.22. The van der Waals surface area contributed by atoms with E-state index in [4.69, 9.17) is 4.74 Å². The van der Waals surface area contributed by atoms with E-state index in [2.05, 4.69) is 53.1 Å². The van der Waals surface area contributed by atoms with Gasteiger partial charge >= 0.3 is 0 Å². The van der Waals surface area contributed by atoms with Crippen molar-refractivity contribution in [2.75, 3.05) is 17.7 Å². The van der Waals surface area contributed by atoms with Crippen molar-refractivity contribution in [1.82, 2.24) is 0 Å². The molecule has 0 radical (unpaired) electrons. The smallest absolute Gasteiger partial charge is 0.119 e. The molecular formula is C19H24N2O. The maximum absolute atomic E-state index is 5.22. The SMILES string of the molecule is COc1ccc(N[C@@H]2CCCC[C@H]2Nc2ccccc2)cc1. The number of ether oxygens (including phenoxy) is 1. The second-order valence-corrected chi connectivity index (χ2v) is 5.88. The van der Waals surface area contributed by atoms with Gasteiger partial charge < -0.3 is 15.4 Å².